The predicted octanol–water partition coefficient (Wildman–Crippen LogP) is -13.8. The summed E-state index contributed by atoms with van der Waals surface area (Å²) in [5.74, 6) is -1.55. The fraction of sp³-hybridized carbons (Fsp3) is 0.950. The zero-order chi connectivity index (χ0) is 53.9. The molecule has 0 aliphatic carbocycles. The van der Waals surface area contributed by atoms with Crippen LogP contribution in [0.3, 0.4) is 0 Å². The molecule has 0 radical (unpaired) electrons. The Bertz CT molecular complexity index is 1750. The molecule has 33 heteroatoms. The number of hydrogen-bond donors (Lipinski definition) is 20. The molecule has 6 saturated heterocycles. The molecule has 0 aromatic heterocycles. The van der Waals surface area contributed by atoms with Gasteiger partial charge in [0.2, 0.25) is 11.8 Å². The number of nitrogens with one attached hydrogen (secondary N) is 2. The van der Waals surface area contributed by atoms with E-state index in [1.54, 1.807) is 0 Å². The zero-order valence-corrected chi connectivity index (χ0v) is 38.9. The predicted molar refractivity (Wildman–Crippen MR) is 222 cm³/mol. The van der Waals surface area contributed by atoms with E-state index in [1.807, 2.05) is 0 Å². The monoisotopic (exact) mass is 1070 g/mol. The maximum atomic E-state index is 12.6. The molecule has 6 rings (SSSR count). The van der Waals surface area contributed by atoms with Gasteiger partial charge in [-0.25, -0.2) is 0 Å². The minimum atomic E-state index is -2.27. The molecule has 1 unspecified atom stereocenters. The van der Waals surface area contributed by atoms with Gasteiger partial charge in [0.05, 0.1) is 39.6 Å². The highest BCUT2D eigenvalue weighted by atomic mass is 16.8. The highest BCUT2D eigenvalue weighted by Crippen LogP contribution is 2.36. The van der Waals surface area contributed by atoms with Crippen LogP contribution in [0.25, 0.3) is 0 Å². The number of carbonyl (C=O) groups is 2. The first-order chi connectivity index (χ1) is 34.5. The van der Waals surface area contributed by atoms with Crippen molar-refractivity contribution in [3.63, 3.8) is 0 Å². The summed E-state index contributed by atoms with van der Waals surface area (Å²) < 4.78 is 62.5. The third-order valence-corrected chi connectivity index (χ3v) is 13.2. The fourth-order valence-electron chi connectivity index (χ4n) is 9.21. The van der Waals surface area contributed by atoms with Gasteiger partial charge in [0, 0.05) is 13.8 Å². The summed E-state index contributed by atoms with van der Waals surface area (Å²) in [6.45, 7) is -3.62. The van der Waals surface area contributed by atoms with E-state index in [0.29, 0.717) is 0 Å². The van der Waals surface area contributed by atoms with Crippen molar-refractivity contribution >= 4 is 11.8 Å². The fourth-order valence-corrected chi connectivity index (χ4v) is 9.21. The van der Waals surface area contributed by atoms with Gasteiger partial charge in [0.25, 0.3) is 0 Å². The second-order valence-corrected chi connectivity index (χ2v) is 18.3. The molecule has 0 aromatic rings. The van der Waals surface area contributed by atoms with Crippen LogP contribution < -0.4 is 10.6 Å². The van der Waals surface area contributed by atoms with Crippen LogP contribution >= 0.6 is 0 Å². The van der Waals surface area contributed by atoms with Crippen molar-refractivity contribution in [2.24, 2.45) is 0 Å². The SMILES string of the molecule is CC(=O)N[C@H]1[C@H](O[C@H]2[C@H](O)[C@@H](NC(C)=O)C(O)O[C@@H]2CO)O[C@H](CO)[C@@H](O[C@@H]2O[C@H](CO[C@H]3O[C@H](CO)[C@@H](O)[C@H](O[C@H]4O[C@H](CO)[C@@H](O)[C@H](O)[C@@H]4O)[C@@H]3O)[C@@H](O)[C@H](O[C@H]3O[C@H](CO)[C@@H](O)[C@H](O)[C@@H]3O)[C@@H]2O)[C@@H]1O. The van der Waals surface area contributed by atoms with Crippen LogP contribution in [0, 0.1) is 0 Å². The first-order valence-electron chi connectivity index (χ1n) is 23.1. The number of carbonyl (C=O) groups excluding carboxylic acids is 2. The molecule has 6 heterocycles. The Hall–Kier alpha value is -2.22. The van der Waals surface area contributed by atoms with Crippen molar-refractivity contribution in [2.45, 2.75) is 198 Å². The van der Waals surface area contributed by atoms with Gasteiger partial charge in [-0.05, 0) is 0 Å². The van der Waals surface area contributed by atoms with Crippen molar-refractivity contribution in [1.82, 2.24) is 10.6 Å². The van der Waals surface area contributed by atoms with E-state index in [-0.39, 0.29) is 0 Å². The molecule has 6 aliphatic rings. The van der Waals surface area contributed by atoms with Gasteiger partial charge in [0.1, 0.15) is 146 Å². The van der Waals surface area contributed by atoms with E-state index in [4.69, 9.17) is 52.1 Å². The minimum Gasteiger partial charge on any atom is -0.394 e. The summed E-state index contributed by atoms with van der Waals surface area (Å²) in [5, 5.41) is 197. The summed E-state index contributed by atoms with van der Waals surface area (Å²) >= 11 is 0. The van der Waals surface area contributed by atoms with E-state index in [0.717, 1.165) is 13.8 Å². The molecule has 6 fully saturated rings. The largest absolute Gasteiger partial charge is 0.394 e. The van der Waals surface area contributed by atoms with Crippen LogP contribution in [-0.4, -0.2) is 327 Å². The normalized spacial score (nSPS) is 49.8. The van der Waals surface area contributed by atoms with Gasteiger partial charge in [0.15, 0.2) is 37.7 Å². The summed E-state index contributed by atoms with van der Waals surface area (Å²) in [5.41, 5.74) is 0. The lowest BCUT2D eigenvalue weighted by molar-refractivity contribution is -0.386. The maximum Gasteiger partial charge on any atom is 0.217 e. The van der Waals surface area contributed by atoms with Crippen molar-refractivity contribution in [2.75, 3.05) is 39.6 Å². The molecular weight excluding hydrogens is 1000 g/mol. The molecule has 424 valence electrons. The standard InChI is InChI=1S/C40H68N2O31/c1-9(48)41-17-23(54)31(14(6-46)64-35(17)62)70-36-18(42-10(2)49)24(55)32(15(7-47)68-36)71-40-30(61)34(73-39-28(59)26(57)20(51)12(4-44)67-39)22(53)16(69-40)8-63-37-29(60)33(21(52)13(5-45)65-37)72-38-27(58)25(56)19(50)11(3-43)66-38/h11-40,43-47,50-62H,3-8H2,1-2H3,(H,41,48)(H,42,49)/t11-,12-,13-,14-,15-,16-,17-,18-,19-,20-,21-,22-,23-,24-,25+,26+,27+,28+,29+,30+,31-,32-,33+,34+,35?,36+,37+,38-,39-,40+/m1/s1. The molecule has 6 aliphatic heterocycles. The Morgan fingerprint density at radius 3 is 1.18 bits per heavy atom. The van der Waals surface area contributed by atoms with Gasteiger partial charge in [-0.2, -0.15) is 0 Å². The Morgan fingerprint density at radius 1 is 0.356 bits per heavy atom. The van der Waals surface area contributed by atoms with Crippen molar-refractivity contribution in [3.05, 3.63) is 0 Å². The highest BCUT2D eigenvalue weighted by molar-refractivity contribution is 5.73. The molecule has 30 atom stereocenters. The average Bonchev–Trinajstić information content (AvgIpc) is 3.35. The smallest absolute Gasteiger partial charge is 0.217 e. The molecule has 73 heavy (non-hydrogen) atoms. The maximum absolute atomic E-state index is 12.6. The molecule has 0 saturated carbocycles. The van der Waals surface area contributed by atoms with Crippen LogP contribution in [0.15, 0.2) is 0 Å². The lowest BCUT2D eigenvalue weighted by Gasteiger charge is -2.50. The molecule has 33 nitrogen and oxygen atoms in total. The first-order valence-corrected chi connectivity index (χ1v) is 23.1. The number of aliphatic hydroxyl groups is 18. The Morgan fingerprint density at radius 2 is 0.699 bits per heavy atom. The van der Waals surface area contributed by atoms with Gasteiger partial charge >= 0.3 is 0 Å². The number of aliphatic hydroxyl groups excluding tert-OH is 18. The topological polar surface area (TPSA) is 524 Å². The van der Waals surface area contributed by atoms with E-state index < -0.39 is 236 Å². The molecule has 0 bridgehead atoms. The van der Waals surface area contributed by atoms with Gasteiger partial charge in [-0.1, -0.05) is 0 Å². The van der Waals surface area contributed by atoms with Crippen molar-refractivity contribution < 1.29 is 154 Å². The third-order valence-electron chi connectivity index (χ3n) is 13.2. The lowest BCUT2D eigenvalue weighted by atomic mass is 9.94. The molecular formula is C40H68N2O31. The summed E-state index contributed by atoms with van der Waals surface area (Å²) in [7, 11) is 0. The van der Waals surface area contributed by atoms with Crippen molar-refractivity contribution in [3.8, 4) is 0 Å². The Balaban J connectivity index is 1.26. The molecule has 0 spiro atoms. The summed E-state index contributed by atoms with van der Waals surface area (Å²) in [4.78, 5) is 24.4. The molecule has 2 amide bonds. The number of ether oxygens (including phenoxy) is 11. The van der Waals surface area contributed by atoms with Crippen LogP contribution in [-0.2, 0) is 61.7 Å². The van der Waals surface area contributed by atoms with E-state index in [1.165, 1.54) is 0 Å². The second kappa shape index (κ2) is 26.0. The Kier molecular flexibility index (Phi) is 21.3. The number of hydrogen-bond acceptors (Lipinski definition) is 31. The van der Waals surface area contributed by atoms with E-state index >= 15 is 0 Å². The summed E-state index contributed by atoms with van der Waals surface area (Å²) in [6, 6.07) is -3.28. The first kappa shape index (κ1) is 60.0. The Labute approximate surface area is 413 Å². The summed E-state index contributed by atoms with van der Waals surface area (Å²) in [6.07, 6.45) is -53.5. The average molecular weight is 1070 g/mol. The number of amides is 2. The zero-order valence-electron chi connectivity index (χ0n) is 38.9. The highest BCUT2D eigenvalue weighted by Gasteiger charge is 2.57. The van der Waals surface area contributed by atoms with Crippen LogP contribution in [0.1, 0.15) is 13.8 Å². The van der Waals surface area contributed by atoms with Crippen molar-refractivity contribution in [1.29, 1.82) is 0 Å². The lowest BCUT2D eigenvalue weighted by Crippen LogP contribution is -2.70. The van der Waals surface area contributed by atoms with Gasteiger partial charge in [-0.15, -0.1) is 0 Å². The van der Waals surface area contributed by atoms with Crippen LogP contribution in [0.4, 0.5) is 0 Å². The van der Waals surface area contributed by atoms with Gasteiger partial charge in [-0.3, -0.25) is 9.59 Å². The van der Waals surface area contributed by atoms with Crippen LogP contribution in [0.2, 0.25) is 0 Å². The molecule has 20 N–H and O–H groups in total. The van der Waals surface area contributed by atoms with Crippen LogP contribution in [0.5, 0.6) is 0 Å². The number of rotatable bonds is 18. The molecule has 0 aromatic carbocycles. The minimum absolute atomic E-state index is 0.716. The van der Waals surface area contributed by atoms with E-state index in [9.17, 15) is 102 Å². The quantitative estimate of drug-likeness (QED) is 0.0606. The van der Waals surface area contributed by atoms with Gasteiger partial charge < -0.3 is 155 Å². The van der Waals surface area contributed by atoms with E-state index in [2.05, 4.69) is 10.6 Å². The third kappa shape index (κ3) is 13.0. The second-order valence-electron chi connectivity index (χ2n) is 18.3.